The minimum absolute atomic E-state index is 0.0725. The van der Waals surface area contributed by atoms with Gasteiger partial charge >= 0.3 is 6.03 Å². The smallest absolute Gasteiger partial charge is 0.332 e. The Morgan fingerprint density at radius 2 is 1.72 bits per heavy atom. The fourth-order valence-corrected chi connectivity index (χ4v) is 3.32. The Bertz CT molecular complexity index is 893. The molecule has 0 saturated carbocycles. The Hall–Kier alpha value is -3.35. The van der Waals surface area contributed by atoms with Crippen LogP contribution >= 0.6 is 0 Å². The van der Waals surface area contributed by atoms with Gasteiger partial charge in [0.25, 0.3) is 5.91 Å². The molecule has 1 atom stereocenters. The molecule has 0 spiro atoms. The molecule has 1 aliphatic rings. The number of anilines is 1. The van der Waals surface area contributed by atoms with Gasteiger partial charge in [-0.2, -0.15) is 0 Å². The number of hydrogen-bond acceptors (Lipinski definition) is 4. The van der Waals surface area contributed by atoms with E-state index < -0.39 is 18.0 Å². The Labute approximate surface area is 170 Å². The van der Waals surface area contributed by atoms with E-state index in [1.165, 1.54) is 4.90 Å². The van der Waals surface area contributed by atoms with Gasteiger partial charge in [-0.25, -0.2) is 9.69 Å². The number of aryl methyl sites for hydroxylation is 1. The molecule has 0 unspecified atom stereocenters. The summed E-state index contributed by atoms with van der Waals surface area (Å²) in [6.45, 7) is 4.44. The fourth-order valence-electron chi connectivity index (χ4n) is 3.32. The largest absolute Gasteiger partial charge is 0.497 e. The molecule has 1 fully saturated rings. The van der Waals surface area contributed by atoms with Gasteiger partial charge in [0, 0.05) is 13.1 Å². The van der Waals surface area contributed by atoms with Crippen LogP contribution in [-0.2, 0) is 16.1 Å². The van der Waals surface area contributed by atoms with Crippen molar-refractivity contribution in [1.82, 2.24) is 10.2 Å². The number of urea groups is 1. The first kappa shape index (κ1) is 20.4. The van der Waals surface area contributed by atoms with Gasteiger partial charge in [-0.15, -0.1) is 0 Å². The van der Waals surface area contributed by atoms with Crippen molar-refractivity contribution in [3.63, 3.8) is 0 Å². The fraction of sp³-hybridized carbons (Fsp3) is 0.318. The van der Waals surface area contributed by atoms with Gasteiger partial charge in [0.1, 0.15) is 11.8 Å². The molecule has 0 aliphatic carbocycles. The summed E-state index contributed by atoms with van der Waals surface area (Å²) < 4.78 is 5.17. The van der Waals surface area contributed by atoms with Gasteiger partial charge in [0.15, 0.2) is 0 Å². The van der Waals surface area contributed by atoms with Crippen LogP contribution in [0.4, 0.5) is 10.5 Å². The van der Waals surface area contributed by atoms with E-state index in [0.29, 0.717) is 18.0 Å². The molecule has 152 valence electrons. The molecule has 0 aromatic heterocycles. The van der Waals surface area contributed by atoms with Crippen LogP contribution in [0.5, 0.6) is 5.75 Å². The molecule has 3 rings (SSSR count). The predicted molar refractivity (Wildman–Crippen MR) is 110 cm³/mol. The second kappa shape index (κ2) is 8.77. The summed E-state index contributed by atoms with van der Waals surface area (Å²) in [6, 6.07) is 13.2. The highest BCUT2D eigenvalue weighted by molar-refractivity contribution is 6.22. The van der Waals surface area contributed by atoms with Crippen molar-refractivity contribution in [1.29, 1.82) is 0 Å². The third-order valence-electron chi connectivity index (χ3n) is 4.88. The lowest BCUT2D eigenvalue weighted by Gasteiger charge is -2.21. The number of imide groups is 1. The zero-order valence-corrected chi connectivity index (χ0v) is 16.8. The first-order valence-corrected chi connectivity index (χ1v) is 9.55. The first-order chi connectivity index (χ1) is 13.9. The van der Waals surface area contributed by atoms with Crippen LogP contribution in [0.1, 0.15) is 24.5 Å². The summed E-state index contributed by atoms with van der Waals surface area (Å²) in [7, 11) is 1.58. The average molecular weight is 395 g/mol. The third-order valence-corrected chi connectivity index (χ3v) is 4.88. The van der Waals surface area contributed by atoms with Gasteiger partial charge in [-0.3, -0.25) is 9.59 Å². The van der Waals surface area contributed by atoms with Crippen molar-refractivity contribution < 1.29 is 19.1 Å². The quantitative estimate of drug-likeness (QED) is 0.731. The maximum Gasteiger partial charge on any atom is 0.332 e. The number of carbonyl (C=O) groups excluding carboxylic acids is 3. The lowest BCUT2D eigenvalue weighted by molar-refractivity contribution is -0.127. The Balaban J connectivity index is 1.90. The molecule has 4 amide bonds. The summed E-state index contributed by atoms with van der Waals surface area (Å²) >= 11 is 0. The van der Waals surface area contributed by atoms with Gasteiger partial charge in [0.2, 0.25) is 5.91 Å². The molecular weight excluding hydrogens is 370 g/mol. The number of amides is 4. The highest BCUT2D eigenvalue weighted by Crippen LogP contribution is 2.29. The van der Waals surface area contributed by atoms with Crippen LogP contribution in [0.2, 0.25) is 0 Å². The number of methoxy groups -OCH3 is 1. The molecule has 7 nitrogen and oxygen atoms in total. The monoisotopic (exact) mass is 395 g/mol. The van der Waals surface area contributed by atoms with E-state index >= 15 is 0 Å². The number of rotatable bonds is 7. The van der Waals surface area contributed by atoms with E-state index in [2.05, 4.69) is 5.32 Å². The summed E-state index contributed by atoms with van der Waals surface area (Å²) in [5.41, 5.74) is 2.38. The van der Waals surface area contributed by atoms with E-state index in [0.717, 1.165) is 16.0 Å². The van der Waals surface area contributed by atoms with Crippen molar-refractivity contribution in [3.05, 3.63) is 59.7 Å². The number of nitrogens with one attached hydrogen (secondary N) is 1. The molecular formula is C22H25N3O4. The molecule has 0 radical (unpaired) electrons. The zero-order valence-electron chi connectivity index (χ0n) is 16.8. The maximum absolute atomic E-state index is 13.2. The Morgan fingerprint density at radius 1 is 1.07 bits per heavy atom. The highest BCUT2D eigenvalue weighted by atomic mass is 16.5. The minimum Gasteiger partial charge on any atom is -0.497 e. The highest BCUT2D eigenvalue weighted by Gasteiger charge is 2.46. The lowest BCUT2D eigenvalue weighted by atomic mass is 10.1. The van der Waals surface area contributed by atoms with Crippen LogP contribution in [0.3, 0.4) is 0 Å². The molecule has 1 saturated heterocycles. The Kier molecular flexibility index (Phi) is 6.16. The van der Waals surface area contributed by atoms with Crippen LogP contribution in [0.25, 0.3) is 0 Å². The zero-order chi connectivity index (χ0) is 21.0. The Morgan fingerprint density at radius 3 is 2.31 bits per heavy atom. The molecule has 2 aromatic rings. The van der Waals surface area contributed by atoms with E-state index in [4.69, 9.17) is 4.74 Å². The van der Waals surface area contributed by atoms with Crippen molar-refractivity contribution >= 4 is 23.5 Å². The summed E-state index contributed by atoms with van der Waals surface area (Å²) in [5, 5.41) is 2.71. The topological polar surface area (TPSA) is 79.0 Å². The molecule has 1 heterocycles. The molecule has 7 heteroatoms. The minimum atomic E-state index is -0.850. The van der Waals surface area contributed by atoms with Crippen LogP contribution in [-0.4, -0.2) is 42.4 Å². The van der Waals surface area contributed by atoms with E-state index in [-0.39, 0.29) is 18.9 Å². The van der Waals surface area contributed by atoms with Crippen LogP contribution in [0.15, 0.2) is 48.5 Å². The van der Waals surface area contributed by atoms with Gasteiger partial charge < -0.3 is 15.0 Å². The second-order valence-corrected chi connectivity index (χ2v) is 6.94. The molecule has 29 heavy (non-hydrogen) atoms. The first-order valence-electron chi connectivity index (χ1n) is 9.55. The van der Waals surface area contributed by atoms with Gasteiger partial charge in [0.05, 0.1) is 19.2 Å². The van der Waals surface area contributed by atoms with Gasteiger partial charge in [-0.1, -0.05) is 29.8 Å². The van der Waals surface area contributed by atoms with Crippen molar-refractivity contribution in [3.8, 4) is 5.75 Å². The molecule has 0 bridgehead atoms. The molecule has 1 aliphatic heterocycles. The second-order valence-electron chi connectivity index (χ2n) is 6.94. The molecule has 1 N–H and O–H groups in total. The van der Waals surface area contributed by atoms with Gasteiger partial charge in [-0.05, 0) is 43.7 Å². The predicted octanol–water partition coefficient (Wildman–Crippen LogP) is 2.87. The SMILES string of the molecule is CCNC(=O)C[C@H]1C(=O)N(c2ccc(C)cc2)C(=O)N1Cc1ccc(OC)cc1. The average Bonchev–Trinajstić information content (AvgIpc) is 2.93. The summed E-state index contributed by atoms with van der Waals surface area (Å²) in [6.07, 6.45) is -0.0725. The van der Waals surface area contributed by atoms with E-state index in [1.54, 1.807) is 31.4 Å². The van der Waals surface area contributed by atoms with E-state index in [1.807, 2.05) is 38.1 Å². The van der Waals surface area contributed by atoms with Crippen molar-refractivity contribution in [2.75, 3.05) is 18.6 Å². The lowest BCUT2D eigenvalue weighted by Crippen LogP contribution is -2.39. The van der Waals surface area contributed by atoms with Crippen molar-refractivity contribution in [2.45, 2.75) is 32.9 Å². The third kappa shape index (κ3) is 4.39. The van der Waals surface area contributed by atoms with Crippen LogP contribution in [0, 0.1) is 6.92 Å². The number of benzene rings is 2. The number of hydrogen-bond donors (Lipinski definition) is 1. The number of ether oxygens (including phenoxy) is 1. The van der Waals surface area contributed by atoms with Crippen molar-refractivity contribution in [2.24, 2.45) is 0 Å². The normalized spacial score (nSPS) is 16.3. The summed E-state index contributed by atoms with van der Waals surface area (Å²) in [4.78, 5) is 41.1. The van der Waals surface area contributed by atoms with E-state index in [9.17, 15) is 14.4 Å². The number of nitrogens with zero attached hydrogens (tertiary/aromatic N) is 2. The molecule has 2 aromatic carbocycles. The van der Waals surface area contributed by atoms with Crippen LogP contribution < -0.4 is 15.0 Å². The standard InChI is InChI=1S/C22H25N3O4/c1-4-23-20(26)13-19-21(27)25(17-9-5-15(2)6-10-17)22(28)24(19)14-16-7-11-18(29-3)12-8-16/h5-12,19H,4,13-14H2,1-3H3,(H,23,26)/t19-/m0/s1. The maximum atomic E-state index is 13.2. The number of carbonyl (C=O) groups is 3. The summed E-state index contributed by atoms with van der Waals surface area (Å²) in [5.74, 6) is 0.0560.